The second kappa shape index (κ2) is 8.01. The molecule has 4 heterocycles. The molecular weight excluding hydrogens is 462 g/mol. The van der Waals surface area contributed by atoms with E-state index < -0.39 is 17.6 Å². The van der Waals surface area contributed by atoms with E-state index in [2.05, 4.69) is 15.1 Å². The van der Waals surface area contributed by atoms with Crippen LogP contribution in [0, 0.1) is 12.7 Å². The molecule has 4 aromatic rings. The Morgan fingerprint density at radius 2 is 1.91 bits per heavy atom. The number of rotatable bonds is 4. The number of hydrogen-bond acceptors (Lipinski definition) is 4. The molecule has 1 aliphatic carbocycles. The van der Waals surface area contributed by atoms with E-state index in [4.69, 9.17) is 4.74 Å². The van der Waals surface area contributed by atoms with Crippen molar-refractivity contribution in [3.63, 3.8) is 0 Å². The molecule has 0 spiro atoms. The minimum absolute atomic E-state index is 0.0304. The predicted molar refractivity (Wildman–Crippen MR) is 120 cm³/mol. The number of fused-ring (bicyclic) bond motifs is 1. The molecule has 6 rings (SSSR count). The number of nitrogens with zero attached hydrogens (tertiary/aromatic N) is 5. The molecule has 0 bridgehead atoms. The van der Waals surface area contributed by atoms with Crippen LogP contribution in [0.2, 0.25) is 0 Å². The first kappa shape index (κ1) is 22.0. The van der Waals surface area contributed by atoms with E-state index in [9.17, 15) is 17.6 Å². The van der Waals surface area contributed by atoms with E-state index in [1.165, 1.54) is 0 Å². The fourth-order valence-electron chi connectivity index (χ4n) is 4.39. The SMILES string of the molecule is Cc1cn2c(-c3ccc(C(F)(F)F)cc3F)nc(C3=C[C@H](c4cnn(C5CC5)c4)OCC3)cc2n1. The van der Waals surface area contributed by atoms with Crippen LogP contribution < -0.4 is 0 Å². The molecule has 1 aromatic carbocycles. The number of ether oxygens (including phenoxy) is 1. The van der Waals surface area contributed by atoms with Crippen molar-refractivity contribution in [1.29, 1.82) is 0 Å². The van der Waals surface area contributed by atoms with E-state index >= 15 is 0 Å². The van der Waals surface area contributed by atoms with Crippen molar-refractivity contribution >= 4 is 11.2 Å². The van der Waals surface area contributed by atoms with Crippen LogP contribution in [0.4, 0.5) is 17.6 Å². The lowest BCUT2D eigenvalue weighted by atomic mass is 10.0. The van der Waals surface area contributed by atoms with Gasteiger partial charge in [-0.05, 0) is 56.0 Å². The molecule has 10 heteroatoms. The van der Waals surface area contributed by atoms with Crippen molar-refractivity contribution in [2.24, 2.45) is 0 Å². The van der Waals surface area contributed by atoms with Crippen molar-refractivity contribution in [3.8, 4) is 11.4 Å². The zero-order chi connectivity index (χ0) is 24.3. The number of halogens is 4. The van der Waals surface area contributed by atoms with Gasteiger partial charge in [-0.15, -0.1) is 0 Å². The quantitative estimate of drug-likeness (QED) is 0.337. The highest BCUT2D eigenvalue weighted by Crippen LogP contribution is 2.37. The van der Waals surface area contributed by atoms with Gasteiger partial charge in [0.15, 0.2) is 0 Å². The topological polar surface area (TPSA) is 57.2 Å². The summed E-state index contributed by atoms with van der Waals surface area (Å²) in [7, 11) is 0. The average molecular weight is 483 g/mol. The van der Waals surface area contributed by atoms with Crippen molar-refractivity contribution in [2.45, 2.75) is 44.5 Å². The van der Waals surface area contributed by atoms with Crippen LogP contribution in [-0.2, 0) is 10.9 Å². The standard InChI is InChI=1S/C25H21F4N5O/c1-14-12-33-23(31-14)10-21(32-24(33)19-5-2-17(9-20(19)26)25(27,28)29)15-6-7-35-22(8-15)16-11-30-34(13-16)18-3-4-18/h2,5,8-13,18,22H,3-4,6-7H2,1H3/t22-/m1/s1. The normalized spacial score (nSPS) is 18.8. The van der Waals surface area contributed by atoms with Gasteiger partial charge in [-0.2, -0.15) is 18.3 Å². The van der Waals surface area contributed by atoms with Gasteiger partial charge in [0, 0.05) is 24.0 Å². The minimum atomic E-state index is -4.63. The van der Waals surface area contributed by atoms with Gasteiger partial charge in [-0.1, -0.05) is 0 Å². The number of aromatic nitrogens is 5. The van der Waals surface area contributed by atoms with Crippen molar-refractivity contribution in [3.05, 3.63) is 77.3 Å². The van der Waals surface area contributed by atoms with Crippen LogP contribution in [0.3, 0.4) is 0 Å². The van der Waals surface area contributed by atoms with E-state index in [1.54, 1.807) is 29.8 Å². The Morgan fingerprint density at radius 1 is 1.09 bits per heavy atom. The Labute approximate surface area is 197 Å². The molecular formula is C25H21F4N5O. The highest BCUT2D eigenvalue weighted by molar-refractivity contribution is 5.71. The van der Waals surface area contributed by atoms with Gasteiger partial charge < -0.3 is 4.74 Å². The molecule has 0 N–H and O–H groups in total. The first-order valence-corrected chi connectivity index (χ1v) is 11.4. The van der Waals surface area contributed by atoms with Gasteiger partial charge in [0.2, 0.25) is 0 Å². The third kappa shape index (κ3) is 4.12. The second-order valence-electron chi connectivity index (χ2n) is 8.99. The van der Waals surface area contributed by atoms with E-state index in [1.807, 2.05) is 17.0 Å². The number of alkyl halides is 3. The van der Waals surface area contributed by atoms with E-state index in [0.717, 1.165) is 36.1 Å². The van der Waals surface area contributed by atoms with Crippen LogP contribution in [0.25, 0.3) is 22.6 Å². The Morgan fingerprint density at radius 3 is 2.66 bits per heavy atom. The smallest absolute Gasteiger partial charge is 0.369 e. The largest absolute Gasteiger partial charge is 0.416 e. The van der Waals surface area contributed by atoms with Crippen LogP contribution in [0.1, 0.15) is 53.9 Å². The Kier molecular flexibility index (Phi) is 5.03. The molecule has 3 aromatic heterocycles. The average Bonchev–Trinajstić information content (AvgIpc) is 3.42. The van der Waals surface area contributed by atoms with Crippen molar-refractivity contribution < 1.29 is 22.3 Å². The maximum atomic E-state index is 14.9. The molecule has 180 valence electrons. The lowest BCUT2D eigenvalue weighted by molar-refractivity contribution is -0.137. The lowest BCUT2D eigenvalue weighted by Crippen LogP contribution is -2.11. The van der Waals surface area contributed by atoms with Gasteiger partial charge in [-0.25, -0.2) is 14.4 Å². The molecule has 35 heavy (non-hydrogen) atoms. The molecule has 1 atom stereocenters. The number of benzene rings is 1. The third-order valence-corrected chi connectivity index (χ3v) is 6.33. The number of hydrogen-bond donors (Lipinski definition) is 0. The summed E-state index contributed by atoms with van der Waals surface area (Å²) in [6, 6.07) is 4.75. The maximum absolute atomic E-state index is 14.9. The van der Waals surface area contributed by atoms with Crippen molar-refractivity contribution in [2.75, 3.05) is 6.61 Å². The predicted octanol–water partition coefficient (Wildman–Crippen LogP) is 5.94. The Hall–Kier alpha value is -3.53. The highest BCUT2D eigenvalue weighted by atomic mass is 19.4. The molecule has 6 nitrogen and oxygen atoms in total. The van der Waals surface area contributed by atoms with Gasteiger partial charge >= 0.3 is 6.18 Å². The minimum Gasteiger partial charge on any atom is -0.369 e. The zero-order valence-corrected chi connectivity index (χ0v) is 18.8. The second-order valence-corrected chi connectivity index (χ2v) is 8.99. The van der Waals surface area contributed by atoms with E-state index in [0.29, 0.717) is 42.2 Å². The fraction of sp³-hybridized carbons (Fsp3) is 0.320. The van der Waals surface area contributed by atoms with Crippen molar-refractivity contribution in [1.82, 2.24) is 24.1 Å². The zero-order valence-electron chi connectivity index (χ0n) is 18.8. The molecule has 0 saturated heterocycles. The van der Waals surface area contributed by atoms with Crippen LogP contribution >= 0.6 is 0 Å². The summed E-state index contributed by atoms with van der Waals surface area (Å²) in [5, 5.41) is 4.44. The van der Waals surface area contributed by atoms with Crippen LogP contribution in [0.15, 0.2) is 48.9 Å². The molecule has 0 radical (unpaired) electrons. The molecule has 0 unspecified atom stereocenters. The van der Waals surface area contributed by atoms with Gasteiger partial charge in [0.1, 0.15) is 23.4 Å². The first-order chi connectivity index (χ1) is 16.8. The van der Waals surface area contributed by atoms with Gasteiger partial charge in [0.05, 0.1) is 41.4 Å². The summed E-state index contributed by atoms with van der Waals surface area (Å²) in [6.07, 6.45) is 5.38. The summed E-state index contributed by atoms with van der Waals surface area (Å²) in [5.74, 6) is -0.807. The van der Waals surface area contributed by atoms with Gasteiger partial charge in [-0.3, -0.25) is 9.08 Å². The Bertz CT molecular complexity index is 1460. The molecule has 1 saturated carbocycles. The number of aryl methyl sites for hydroxylation is 1. The summed E-state index contributed by atoms with van der Waals surface area (Å²) in [5.41, 5.74) is 2.57. The molecule has 2 aliphatic rings. The first-order valence-electron chi connectivity index (χ1n) is 11.4. The van der Waals surface area contributed by atoms with Crippen LogP contribution in [-0.4, -0.2) is 30.8 Å². The fourth-order valence-corrected chi connectivity index (χ4v) is 4.39. The summed E-state index contributed by atoms with van der Waals surface area (Å²) in [6.45, 7) is 2.26. The maximum Gasteiger partial charge on any atom is 0.416 e. The van der Waals surface area contributed by atoms with E-state index in [-0.39, 0.29) is 17.5 Å². The Balaban J connectivity index is 1.43. The summed E-state index contributed by atoms with van der Waals surface area (Å²) < 4.78 is 63.6. The summed E-state index contributed by atoms with van der Waals surface area (Å²) >= 11 is 0. The number of imidazole rings is 1. The monoisotopic (exact) mass is 483 g/mol. The highest BCUT2D eigenvalue weighted by Gasteiger charge is 2.32. The third-order valence-electron chi connectivity index (χ3n) is 6.33. The molecule has 0 amide bonds. The molecule has 1 aliphatic heterocycles. The van der Waals surface area contributed by atoms with Crippen LogP contribution in [0.5, 0.6) is 0 Å². The summed E-state index contributed by atoms with van der Waals surface area (Å²) in [4.78, 5) is 9.19. The lowest BCUT2D eigenvalue weighted by Gasteiger charge is -2.21. The van der Waals surface area contributed by atoms with Gasteiger partial charge in [0.25, 0.3) is 0 Å². The molecule has 1 fully saturated rings.